The van der Waals surface area contributed by atoms with Gasteiger partial charge in [-0.15, -0.1) is 0 Å². The van der Waals surface area contributed by atoms with Crippen molar-refractivity contribution in [3.63, 3.8) is 0 Å². The van der Waals surface area contributed by atoms with E-state index >= 15 is 0 Å². The van der Waals surface area contributed by atoms with Crippen molar-refractivity contribution in [3.8, 4) is 5.75 Å². The lowest BCUT2D eigenvalue weighted by molar-refractivity contribution is 0.381. The largest absolute Gasteiger partial charge is 0.494 e. The van der Waals surface area contributed by atoms with Crippen LogP contribution in [0.15, 0.2) is 18.2 Å². The highest BCUT2D eigenvalue weighted by Crippen LogP contribution is 2.28. The van der Waals surface area contributed by atoms with Crippen LogP contribution in [0.1, 0.15) is 31.9 Å². The maximum Gasteiger partial charge on any atom is 0.169 e. The van der Waals surface area contributed by atoms with E-state index in [4.69, 9.17) is 4.74 Å². The highest BCUT2D eigenvalue weighted by Gasteiger charge is 2.17. The molecule has 18 heavy (non-hydrogen) atoms. The zero-order valence-electron chi connectivity index (χ0n) is 11.5. The van der Waals surface area contributed by atoms with Gasteiger partial charge in [-0.05, 0) is 19.5 Å². The molecular weight excluding hydrogens is 249 g/mol. The third-order valence-corrected chi connectivity index (χ3v) is 4.49. The standard InChI is InChI=1S/C14H22FNOS/c1-5-10(2)18-9-12(16-3)11-7-6-8-13(17-4)14(11)15/h6-8,10,12,16H,5,9H2,1-4H3. The highest BCUT2D eigenvalue weighted by molar-refractivity contribution is 7.99. The van der Waals surface area contributed by atoms with Gasteiger partial charge in [0.05, 0.1) is 7.11 Å². The Bertz CT molecular complexity index is 373. The normalized spacial score (nSPS) is 14.3. The first-order chi connectivity index (χ1) is 8.63. The molecule has 0 saturated heterocycles. The summed E-state index contributed by atoms with van der Waals surface area (Å²) in [5.74, 6) is 0.903. The summed E-state index contributed by atoms with van der Waals surface area (Å²) in [6.07, 6.45) is 1.13. The van der Waals surface area contributed by atoms with Crippen molar-refractivity contribution in [2.24, 2.45) is 0 Å². The molecule has 0 bridgehead atoms. The van der Waals surface area contributed by atoms with Crippen LogP contribution in [0.2, 0.25) is 0 Å². The van der Waals surface area contributed by atoms with Gasteiger partial charge in [0, 0.05) is 22.6 Å². The maximum absolute atomic E-state index is 14.1. The second kappa shape index (κ2) is 7.64. The molecule has 0 amide bonds. The summed E-state index contributed by atoms with van der Waals surface area (Å²) in [7, 11) is 3.35. The molecule has 0 aliphatic carbocycles. The Morgan fingerprint density at radius 2 is 2.17 bits per heavy atom. The topological polar surface area (TPSA) is 21.3 Å². The first-order valence-corrected chi connectivity index (χ1v) is 7.30. The van der Waals surface area contributed by atoms with Crippen molar-refractivity contribution in [3.05, 3.63) is 29.6 Å². The van der Waals surface area contributed by atoms with E-state index < -0.39 is 0 Å². The molecular formula is C14H22FNOS. The van der Waals surface area contributed by atoms with Crippen LogP contribution in [0.5, 0.6) is 5.75 Å². The highest BCUT2D eigenvalue weighted by atomic mass is 32.2. The Labute approximate surface area is 113 Å². The number of benzene rings is 1. The Morgan fingerprint density at radius 1 is 1.44 bits per heavy atom. The van der Waals surface area contributed by atoms with Crippen molar-refractivity contribution in [2.45, 2.75) is 31.6 Å². The molecule has 0 fully saturated rings. The average molecular weight is 271 g/mol. The van der Waals surface area contributed by atoms with Gasteiger partial charge < -0.3 is 10.1 Å². The third-order valence-electron chi connectivity index (χ3n) is 3.06. The Hall–Kier alpha value is -0.740. The predicted molar refractivity (Wildman–Crippen MR) is 77.0 cm³/mol. The number of rotatable bonds is 7. The number of hydrogen-bond donors (Lipinski definition) is 1. The number of thioether (sulfide) groups is 1. The van der Waals surface area contributed by atoms with E-state index in [0.717, 1.165) is 12.2 Å². The Balaban J connectivity index is 2.81. The van der Waals surface area contributed by atoms with Gasteiger partial charge in [-0.1, -0.05) is 26.0 Å². The fourth-order valence-electron chi connectivity index (χ4n) is 1.66. The van der Waals surface area contributed by atoms with Gasteiger partial charge in [0.1, 0.15) is 0 Å². The van der Waals surface area contributed by atoms with Crippen molar-refractivity contribution < 1.29 is 9.13 Å². The molecule has 0 saturated carbocycles. The van der Waals surface area contributed by atoms with Crippen molar-refractivity contribution in [1.82, 2.24) is 5.32 Å². The molecule has 2 nitrogen and oxygen atoms in total. The van der Waals surface area contributed by atoms with E-state index in [1.807, 2.05) is 30.9 Å². The summed E-state index contributed by atoms with van der Waals surface area (Å²) >= 11 is 1.86. The SMILES string of the molecule is CCC(C)SCC(NC)c1cccc(OC)c1F. The quantitative estimate of drug-likeness (QED) is 0.818. The number of ether oxygens (including phenoxy) is 1. The molecule has 2 unspecified atom stereocenters. The molecule has 2 atom stereocenters. The minimum absolute atomic E-state index is 0.0131. The van der Waals surface area contributed by atoms with Gasteiger partial charge in [-0.3, -0.25) is 0 Å². The molecule has 0 aromatic heterocycles. The van der Waals surface area contributed by atoms with Crippen LogP contribution in [-0.4, -0.2) is 25.2 Å². The number of hydrogen-bond acceptors (Lipinski definition) is 3. The van der Waals surface area contributed by atoms with Crippen LogP contribution in [-0.2, 0) is 0 Å². The van der Waals surface area contributed by atoms with Gasteiger partial charge >= 0.3 is 0 Å². The molecule has 1 N–H and O–H groups in total. The lowest BCUT2D eigenvalue weighted by Gasteiger charge is -2.19. The van der Waals surface area contributed by atoms with Gasteiger partial charge in [0.2, 0.25) is 0 Å². The molecule has 1 aromatic rings. The van der Waals surface area contributed by atoms with Gasteiger partial charge in [0.25, 0.3) is 0 Å². The van der Waals surface area contributed by atoms with Crippen molar-refractivity contribution >= 4 is 11.8 Å². The fourth-order valence-corrected chi connectivity index (χ4v) is 2.76. The summed E-state index contributed by atoms with van der Waals surface area (Å²) in [5.41, 5.74) is 0.674. The van der Waals surface area contributed by atoms with E-state index in [1.54, 1.807) is 6.07 Å². The van der Waals surface area contributed by atoms with Crippen LogP contribution < -0.4 is 10.1 Å². The summed E-state index contributed by atoms with van der Waals surface area (Å²) in [6.45, 7) is 4.36. The van der Waals surface area contributed by atoms with E-state index in [2.05, 4.69) is 19.2 Å². The van der Waals surface area contributed by atoms with Crippen LogP contribution in [0.25, 0.3) is 0 Å². The molecule has 0 spiro atoms. The minimum Gasteiger partial charge on any atom is -0.494 e. The summed E-state index contributed by atoms with van der Waals surface area (Å²) in [5, 5.41) is 3.77. The Kier molecular flexibility index (Phi) is 6.50. The van der Waals surface area contributed by atoms with E-state index in [1.165, 1.54) is 7.11 Å². The zero-order chi connectivity index (χ0) is 13.5. The lowest BCUT2D eigenvalue weighted by atomic mass is 10.1. The molecule has 0 heterocycles. The van der Waals surface area contributed by atoms with Crippen LogP contribution >= 0.6 is 11.8 Å². The fraction of sp³-hybridized carbons (Fsp3) is 0.571. The van der Waals surface area contributed by atoms with Gasteiger partial charge in [-0.25, -0.2) is 4.39 Å². The third kappa shape index (κ3) is 3.89. The van der Waals surface area contributed by atoms with Crippen molar-refractivity contribution in [1.29, 1.82) is 0 Å². The average Bonchev–Trinajstić information content (AvgIpc) is 2.40. The van der Waals surface area contributed by atoms with Gasteiger partial charge in [0.15, 0.2) is 11.6 Å². The van der Waals surface area contributed by atoms with E-state index in [-0.39, 0.29) is 11.9 Å². The summed E-state index contributed by atoms with van der Waals surface area (Å²) < 4.78 is 19.2. The van der Waals surface area contributed by atoms with E-state index in [0.29, 0.717) is 16.6 Å². The zero-order valence-corrected chi connectivity index (χ0v) is 12.3. The van der Waals surface area contributed by atoms with E-state index in [9.17, 15) is 4.39 Å². The molecule has 0 aliphatic rings. The minimum atomic E-state index is -0.260. The second-order valence-electron chi connectivity index (χ2n) is 4.26. The van der Waals surface area contributed by atoms with Crippen LogP contribution in [0.3, 0.4) is 0 Å². The maximum atomic E-state index is 14.1. The summed E-state index contributed by atoms with van der Waals surface area (Å²) in [4.78, 5) is 0. The smallest absolute Gasteiger partial charge is 0.169 e. The Morgan fingerprint density at radius 3 is 2.72 bits per heavy atom. The van der Waals surface area contributed by atoms with Gasteiger partial charge in [-0.2, -0.15) is 11.8 Å². The van der Waals surface area contributed by atoms with Crippen LogP contribution in [0.4, 0.5) is 4.39 Å². The molecule has 1 aromatic carbocycles. The number of methoxy groups -OCH3 is 1. The number of nitrogens with one attached hydrogen (secondary N) is 1. The monoisotopic (exact) mass is 271 g/mol. The predicted octanol–water partition coefficient (Wildman–Crippen LogP) is 3.63. The number of halogens is 1. The molecule has 4 heteroatoms. The van der Waals surface area contributed by atoms with Crippen LogP contribution in [0, 0.1) is 5.82 Å². The lowest BCUT2D eigenvalue weighted by Crippen LogP contribution is -2.21. The van der Waals surface area contributed by atoms with Crippen molar-refractivity contribution in [2.75, 3.05) is 19.9 Å². The first kappa shape index (κ1) is 15.3. The molecule has 102 valence electrons. The summed E-state index contributed by atoms with van der Waals surface area (Å²) in [6, 6.07) is 5.30. The molecule has 0 aliphatic heterocycles. The molecule has 0 radical (unpaired) electrons. The molecule has 1 rings (SSSR count). The second-order valence-corrected chi connectivity index (χ2v) is 5.73. The first-order valence-electron chi connectivity index (χ1n) is 6.25.